The number of nitrogens with zero attached hydrogens (tertiary/aromatic N) is 3. The summed E-state index contributed by atoms with van der Waals surface area (Å²) in [6, 6.07) is 7.59. The minimum atomic E-state index is -1.05. The maximum atomic E-state index is 12.0. The van der Waals surface area contributed by atoms with Crippen LogP contribution in [-0.4, -0.2) is 31.7 Å². The lowest BCUT2D eigenvalue weighted by Gasteiger charge is -2.22. The molecule has 0 radical (unpaired) electrons. The van der Waals surface area contributed by atoms with Crippen molar-refractivity contribution in [2.45, 2.75) is 64.5 Å². The summed E-state index contributed by atoms with van der Waals surface area (Å²) >= 11 is 0. The van der Waals surface area contributed by atoms with Crippen LogP contribution >= 0.6 is 0 Å². The zero-order chi connectivity index (χ0) is 21.7. The molecule has 0 saturated heterocycles. The van der Waals surface area contributed by atoms with Gasteiger partial charge in [-0.3, -0.25) is 4.79 Å². The van der Waals surface area contributed by atoms with Gasteiger partial charge in [0.15, 0.2) is 11.3 Å². The number of pyridine rings is 1. The van der Waals surface area contributed by atoms with Crippen LogP contribution in [0.1, 0.15) is 90.0 Å². The standard InChI is InChI=1S/C24H26N4O3/c1-13(2)21-20-18(14-8-9-17-15(10-14)12-25-23(17)29)11-19(24(30)31)26-22(20)28(27-21)16-6-4-3-5-7-16/h8-11,13,16H,3-7,12H2,1-2H3,(H,25,29)(H,30,31). The third-order valence-corrected chi connectivity index (χ3v) is 6.48. The molecule has 7 heteroatoms. The molecule has 1 aliphatic heterocycles. The monoisotopic (exact) mass is 418 g/mol. The van der Waals surface area contributed by atoms with Crippen molar-refractivity contribution in [2.24, 2.45) is 0 Å². The summed E-state index contributed by atoms with van der Waals surface area (Å²) in [6.07, 6.45) is 5.61. The van der Waals surface area contributed by atoms with Crippen LogP contribution in [0.2, 0.25) is 0 Å². The van der Waals surface area contributed by atoms with Crippen molar-refractivity contribution >= 4 is 22.9 Å². The second-order valence-corrected chi connectivity index (χ2v) is 8.89. The molecule has 1 aromatic carbocycles. The van der Waals surface area contributed by atoms with E-state index in [9.17, 15) is 14.7 Å². The Bertz CT molecular complexity index is 1210. The van der Waals surface area contributed by atoms with Crippen molar-refractivity contribution in [1.29, 1.82) is 0 Å². The van der Waals surface area contributed by atoms with Crippen LogP contribution in [0, 0.1) is 0 Å². The number of aromatic nitrogens is 3. The molecule has 2 aromatic heterocycles. The predicted octanol–water partition coefficient (Wildman–Crippen LogP) is 4.67. The summed E-state index contributed by atoms with van der Waals surface area (Å²) in [6.45, 7) is 4.70. The molecule has 0 bridgehead atoms. The van der Waals surface area contributed by atoms with Crippen LogP contribution in [0.15, 0.2) is 24.3 Å². The quantitative estimate of drug-likeness (QED) is 0.642. The number of rotatable bonds is 4. The molecule has 1 saturated carbocycles. The lowest BCUT2D eigenvalue weighted by molar-refractivity contribution is 0.0690. The third-order valence-electron chi connectivity index (χ3n) is 6.48. The van der Waals surface area contributed by atoms with Gasteiger partial charge in [-0.05, 0) is 53.6 Å². The van der Waals surface area contributed by atoms with Crippen LogP contribution in [0.5, 0.6) is 0 Å². The van der Waals surface area contributed by atoms with E-state index in [1.165, 1.54) is 6.42 Å². The molecule has 3 aromatic rings. The molecular formula is C24H26N4O3. The van der Waals surface area contributed by atoms with E-state index >= 15 is 0 Å². The first-order valence-electron chi connectivity index (χ1n) is 11.0. The second kappa shape index (κ2) is 7.48. The van der Waals surface area contributed by atoms with Crippen LogP contribution in [0.3, 0.4) is 0 Å². The van der Waals surface area contributed by atoms with Gasteiger partial charge in [0.25, 0.3) is 5.91 Å². The van der Waals surface area contributed by atoms with Gasteiger partial charge < -0.3 is 10.4 Å². The molecule has 0 atom stereocenters. The van der Waals surface area contributed by atoms with Crippen LogP contribution < -0.4 is 5.32 Å². The first-order chi connectivity index (χ1) is 14.9. The van der Waals surface area contributed by atoms with Gasteiger partial charge in [0, 0.05) is 12.1 Å². The van der Waals surface area contributed by atoms with E-state index in [4.69, 9.17) is 5.10 Å². The number of hydrogen-bond acceptors (Lipinski definition) is 4. The number of amides is 1. The number of carboxylic acids is 1. The Morgan fingerprint density at radius 1 is 1.16 bits per heavy atom. The van der Waals surface area contributed by atoms with E-state index < -0.39 is 5.97 Å². The van der Waals surface area contributed by atoms with Crippen molar-refractivity contribution in [3.8, 4) is 11.1 Å². The lowest BCUT2D eigenvalue weighted by Crippen LogP contribution is -2.15. The normalized spacial score (nSPS) is 16.7. The topological polar surface area (TPSA) is 97.1 Å². The minimum Gasteiger partial charge on any atom is -0.477 e. The average Bonchev–Trinajstić information content (AvgIpc) is 3.34. The Hall–Kier alpha value is -3.22. The first-order valence-corrected chi connectivity index (χ1v) is 11.0. The highest BCUT2D eigenvalue weighted by molar-refractivity contribution is 6.02. The molecule has 7 nitrogen and oxygen atoms in total. The van der Waals surface area contributed by atoms with E-state index in [1.807, 2.05) is 22.9 Å². The fourth-order valence-corrected chi connectivity index (χ4v) is 4.88. The fourth-order valence-electron chi connectivity index (χ4n) is 4.88. The number of aromatic carboxylic acids is 1. The number of nitrogens with one attached hydrogen (secondary N) is 1. The Labute approximate surface area is 180 Å². The molecule has 2 aliphatic rings. The molecule has 1 aliphatic carbocycles. The number of hydrogen-bond donors (Lipinski definition) is 2. The van der Waals surface area contributed by atoms with Gasteiger partial charge in [-0.25, -0.2) is 14.5 Å². The molecule has 5 rings (SSSR count). The molecule has 3 heterocycles. The molecule has 2 N–H and O–H groups in total. The van der Waals surface area contributed by atoms with Gasteiger partial charge in [-0.2, -0.15) is 5.10 Å². The van der Waals surface area contributed by atoms with Gasteiger partial charge in [0.2, 0.25) is 0 Å². The third kappa shape index (κ3) is 3.28. The Balaban J connectivity index is 1.78. The molecule has 0 spiro atoms. The van der Waals surface area contributed by atoms with Crippen molar-refractivity contribution < 1.29 is 14.7 Å². The molecule has 160 valence electrons. The number of carbonyl (C=O) groups excluding carboxylic acids is 1. The molecule has 1 amide bonds. The van der Waals surface area contributed by atoms with E-state index in [0.29, 0.717) is 17.8 Å². The lowest BCUT2D eigenvalue weighted by atomic mass is 9.94. The fraction of sp³-hybridized carbons (Fsp3) is 0.417. The highest BCUT2D eigenvalue weighted by Crippen LogP contribution is 2.38. The SMILES string of the molecule is CC(C)c1nn(C2CCCCC2)c2nc(C(=O)O)cc(-c3ccc4c(c3)CNC4=O)c12. The van der Waals surface area contributed by atoms with Crippen LogP contribution in [-0.2, 0) is 6.54 Å². The number of benzene rings is 1. The van der Waals surface area contributed by atoms with E-state index in [0.717, 1.165) is 53.5 Å². The van der Waals surface area contributed by atoms with Gasteiger partial charge in [0.1, 0.15) is 0 Å². The van der Waals surface area contributed by atoms with Crippen molar-refractivity contribution in [3.05, 3.63) is 46.8 Å². The first kappa shape index (κ1) is 19.7. The molecule has 0 unspecified atom stereocenters. The Morgan fingerprint density at radius 3 is 2.65 bits per heavy atom. The molecule has 1 fully saturated rings. The van der Waals surface area contributed by atoms with Gasteiger partial charge in [-0.1, -0.05) is 39.2 Å². The highest BCUT2D eigenvalue weighted by Gasteiger charge is 2.27. The molecule has 31 heavy (non-hydrogen) atoms. The van der Waals surface area contributed by atoms with Gasteiger partial charge in [0.05, 0.1) is 17.1 Å². The smallest absolute Gasteiger partial charge is 0.354 e. The largest absolute Gasteiger partial charge is 0.477 e. The Kier molecular flexibility index (Phi) is 4.76. The van der Waals surface area contributed by atoms with E-state index in [-0.39, 0.29) is 23.6 Å². The van der Waals surface area contributed by atoms with Gasteiger partial charge >= 0.3 is 5.97 Å². The number of carboxylic acid groups (broad SMARTS) is 1. The van der Waals surface area contributed by atoms with E-state index in [1.54, 1.807) is 6.07 Å². The predicted molar refractivity (Wildman–Crippen MR) is 117 cm³/mol. The summed E-state index contributed by atoms with van der Waals surface area (Å²) in [5, 5.41) is 18.5. The average molecular weight is 418 g/mol. The second-order valence-electron chi connectivity index (χ2n) is 8.89. The van der Waals surface area contributed by atoms with Gasteiger partial charge in [-0.15, -0.1) is 0 Å². The zero-order valence-corrected chi connectivity index (χ0v) is 17.8. The van der Waals surface area contributed by atoms with Crippen LogP contribution in [0.4, 0.5) is 0 Å². The van der Waals surface area contributed by atoms with Crippen molar-refractivity contribution in [1.82, 2.24) is 20.1 Å². The highest BCUT2D eigenvalue weighted by atomic mass is 16.4. The summed E-state index contributed by atoms with van der Waals surface area (Å²) in [5.74, 6) is -0.953. The maximum Gasteiger partial charge on any atom is 0.354 e. The Morgan fingerprint density at radius 2 is 1.94 bits per heavy atom. The maximum absolute atomic E-state index is 12.0. The summed E-state index contributed by atoms with van der Waals surface area (Å²) in [5.41, 5.74) is 4.91. The summed E-state index contributed by atoms with van der Waals surface area (Å²) < 4.78 is 1.98. The minimum absolute atomic E-state index is 0.0180. The van der Waals surface area contributed by atoms with Crippen molar-refractivity contribution in [2.75, 3.05) is 0 Å². The summed E-state index contributed by atoms with van der Waals surface area (Å²) in [7, 11) is 0. The number of carbonyl (C=O) groups is 2. The molecular weight excluding hydrogens is 392 g/mol. The van der Waals surface area contributed by atoms with E-state index in [2.05, 4.69) is 24.1 Å². The summed E-state index contributed by atoms with van der Waals surface area (Å²) in [4.78, 5) is 28.5. The number of fused-ring (bicyclic) bond motifs is 2. The van der Waals surface area contributed by atoms with Crippen LogP contribution in [0.25, 0.3) is 22.2 Å². The van der Waals surface area contributed by atoms with Crippen molar-refractivity contribution in [3.63, 3.8) is 0 Å². The zero-order valence-electron chi connectivity index (χ0n) is 17.8.